The van der Waals surface area contributed by atoms with Crippen molar-refractivity contribution in [1.82, 2.24) is 4.98 Å². The number of alkyl halides is 2. The highest BCUT2D eigenvalue weighted by Crippen LogP contribution is 2.44. The van der Waals surface area contributed by atoms with Crippen LogP contribution in [0, 0.1) is 0 Å². The van der Waals surface area contributed by atoms with Crippen molar-refractivity contribution in [1.29, 1.82) is 0 Å². The Balaban J connectivity index is 1.80. The lowest BCUT2D eigenvalue weighted by molar-refractivity contribution is -0.0291. The fraction of sp³-hybridized carbons (Fsp3) is 0.643. The molecule has 4 heteroatoms. The van der Waals surface area contributed by atoms with Crippen molar-refractivity contribution in [3.05, 3.63) is 23.4 Å². The third kappa shape index (κ3) is 2.20. The lowest BCUT2D eigenvalue weighted by atomic mass is 9.75. The van der Waals surface area contributed by atoms with Gasteiger partial charge in [0, 0.05) is 18.2 Å². The van der Waals surface area contributed by atoms with Gasteiger partial charge < -0.3 is 4.74 Å². The third-order valence-electron chi connectivity index (χ3n) is 3.92. The number of rotatable bonds is 2. The minimum absolute atomic E-state index is 0.0101. The summed E-state index contributed by atoms with van der Waals surface area (Å²) < 4.78 is 31.9. The number of hydrogen-bond acceptors (Lipinski definition) is 2. The number of nitrogens with zero attached hydrogens (tertiary/aromatic N) is 1. The van der Waals surface area contributed by atoms with E-state index in [4.69, 9.17) is 4.74 Å². The molecule has 2 heterocycles. The van der Waals surface area contributed by atoms with Crippen molar-refractivity contribution < 1.29 is 13.5 Å². The largest absolute Gasteiger partial charge is 0.471 e. The molecule has 0 unspecified atom stereocenters. The van der Waals surface area contributed by atoms with Crippen LogP contribution in [0.25, 0.3) is 0 Å². The van der Waals surface area contributed by atoms with E-state index in [1.165, 1.54) is 12.6 Å². The molecule has 18 heavy (non-hydrogen) atoms. The highest BCUT2D eigenvalue weighted by molar-refractivity contribution is 5.33. The van der Waals surface area contributed by atoms with Gasteiger partial charge in [-0.25, -0.2) is 13.8 Å². The Morgan fingerprint density at radius 2 is 2.17 bits per heavy atom. The zero-order valence-electron chi connectivity index (χ0n) is 10.5. The predicted molar refractivity (Wildman–Crippen MR) is 64.1 cm³/mol. The van der Waals surface area contributed by atoms with Gasteiger partial charge in [-0.1, -0.05) is 0 Å². The summed E-state index contributed by atoms with van der Waals surface area (Å²) in [5, 5.41) is 0. The number of aryl methyl sites for hydroxylation is 1. The first kappa shape index (κ1) is 11.9. The maximum Gasteiger partial charge on any atom is 0.249 e. The summed E-state index contributed by atoms with van der Waals surface area (Å²) in [6.07, 6.45) is 6.58. The molecule has 0 bridgehead atoms. The van der Waals surface area contributed by atoms with Crippen LogP contribution in [0.4, 0.5) is 8.78 Å². The average Bonchev–Trinajstić information content (AvgIpc) is 2.24. The molecule has 0 N–H and O–H groups in total. The Kier molecular flexibility index (Phi) is 2.57. The van der Waals surface area contributed by atoms with E-state index in [1.807, 2.05) is 6.07 Å². The van der Waals surface area contributed by atoms with E-state index >= 15 is 0 Å². The van der Waals surface area contributed by atoms with Gasteiger partial charge in [0.05, 0.1) is 0 Å². The standard InChI is InChI=1S/C14H17F2NO/c1-13(15,16)8-10-7-11-3-6-14(4-2-5-14)18-12(11)17-9-10/h7,9H,2-6,8H2,1H3. The molecule has 98 valence electrons. The Labute approximate surface area is 105 Å². The molecular weight excluding hydrogens is 236 g/mol. The second-order valence-electron chi connectivity index (χ2n) is 5.69. The normalized spacial score (nSPS) is 21.1. The molecule has 0 amide bonds. The van der Waals surface area contributed by atoms with Crippen LogP contribution in [0.5, 0.6) is 5.88 Å². The summed E-state index contributed by atoms with van der Waals surface area (Å²) in [4.78, 5) is 4.23. The van der Waals surface area contributed by atoms with Crippen LogP contribution in [0.1, 0.15) is 43.7 Å². The molecule has 1 fully saturated rings. The monoisotopic (exact) mass is 253 g/mol. The molecule has 1 spiro atoms. The molecule has 0 atom stereocenters. The van der Waals surface area contributed by atoms with E-state index in [9.17, 15) is 8.78 Å². The number of aromatic nitrogens is 1. The van der Waals surface area contributed by atoms with E-state index < -0.39 is 5.92 Å². The number of pyridine rings is 1. The number of ether oxygens (including phenoxy) is 1. The van der Waals surface area contributed by atoms with Crippen LogP contribution in [-0.4, -0.2) is 16.5 Å². The second kappa shape index (κ2) is 3.90. The first-order valence-corrected chi connectivity index (χ1v) is 6.51. The van der Waals surface area contributed by atoms with Gasteiger partial charge in [-0.2, -0.15) is 0 Å². The topological polar surface area (TPSA) is 22.1 Å². The van der Waals surface area contributed by atoms with Gasteiger partial charge in [0.2, 0.25) is 11.8 Å². The van der Waals surface area contributed by atoms with Crippen LogP contribution in [0.3, 0.4) is 0 Å². The number of hydrogen-bond donors (Lipinski definition) is 0. The van der Waals surface area contributed by atoms with Gasteiger partial charge in [-0.3, -0.25) is 0 Å². The molecule has 1 aromatic rings. The Bertz CT molecular complexity index is 463. The molecule has 2 nitrogen and oxygen atoms in total. The molecule has 1 saturated carbocycles. The highest BCUT2D eigenvalue weighted by Gasteiger charge is 2.42. The Hall–Kier alpha value is -1.19. The molecule has 3 rings (SSSR count). The van der Waals surface area contributed by atoms with Crippen molar-refractivity contribution in [2.45, 2.75) is 57.0 Å². The molecule has 0 aromatic carbocycles. The fourth-order valence-corrected chi connectivity index (χ4v) is 2.82. The molecule has 0 radical (unpaired) electrons. The minimum atomic E-state index is -2.68. The zero-order chi connectivity index (χ0) is 12.8. The predicted octanol–water partition coefficient (Wildman–Crippen LogP) is 3.53. The number of halogens is 2. The van der Waals surface area contributed by atoms with Crippen molar-refractivity contribution >= 4 is 0 Å². The van der Waals surface area contributed by atoms with Gasteiger partial charge in [0.1, 0.15) is 5.60 Å². The van der Waals surface area contributed by atoms with E-state index in [2.05, 4.69) is 4.98 Å². The molecule has 1 aliphatic heterocycles. The highest BCUT2D eigenvalue weighted by atomic mass is 19.3. The van der Waals surface area contributed by atoms with Crippen molar-refractivity contribution in [2.24, 2.45) is 0 Å². The van der Waals surface area contributed by atoms with Gasteiger partial charge in [-0.05, 0) is 50.7 Å². The molecule has 2 aliphatic rings. The first-order valence-electron chi connectivity index (χ1n) is 6.51. The van der Waals surface area contributed by atoms with Gasteiger partial charge in [0.25, 0.3) is 0 Å². The quantitative estimate of drug-likeness (QED) is 0.804. The summed E-state index contributed by atoms with van der Waals surface area (Å²) in [6, 6.07) is 1.82. The van der Waals surface area contributed by atoms with Crippen molar-refractivity contribution in [3.63, 3.8) is 0 Å². The van der Waals surface area contributed by atoms with Crippen LogP contribution in [0.2, 0.25) is 0 Å². The summed E-state index contributed by atoms with van der Waals surface area (Å²) in [5.41, 5.74) is 1.58. The average molecular weight is 253 g/mol. The van der Waals surface area contributed by atoms with Gasteiger partial charge >= 0.3 is 0 Å². The Morgan fingerprint density at radius 3 is 2.78 bits per heavy atom. The summed E-state index contributed by atoms with van der Waals surface area (Å²) in [5.74, 6) is -2.02. The third-order valence-corrected chi connectivity index (χ3v) is 3.92. The molecule has 1 aliphatic carbocycles. The van der Waals surface area contributed by atoms with Crippen LogP contribution >= 0.6 is 0 Å². The van der Waals surface area contributed by atoms with Crippen LogP contribution in [-0.2, 0) is 12.8 Å². The van der Waals surface area contributed by atoms with Crippen molar-refractivity contribution in [2.75, 3.05) is 0 Å². The SMILES string of the molecule is CC(F)(F)Cc1cnc2c(c1)CCC1(CCC1)O2. The van der Waals surface area contributed by atoms with Crippen LogP contribution < -0.4 is 4.74 Å². The minimum Gasteiger partial charge on any atom is -0.471 e. The second-order valence-corrected chi connectivity index (χ2v) is 5.69. The fourth-order valence-electron chi connectivity index (χ4n) is 2.82. The summed E-state index contributed by atoms with van der Waals surface area (Å²) >= 11 is 0. The molecule has 0 saturated heterocycles. The maximum absolute atomic E-state index is 13.0. The van der Waals surface area contributed by atoms with E-state index in [-0.39, 0.29) is 12.0 Å². The van der Waals surface area contributed by atoms with E-state index in [0.29, 0.717) is 11.4 Å². The lowest BCUT2D eigenvalue weighted by Gasteiger charge is -2.44. The number of fused-ring (bicyclic) bond motifs is 1. The van der Waals surface area contributed by atoms with Gasteiger partial charge in [-0.15, -0.1) is 0 Å². The first-order chi connectivity index (χ1) is 8.46. The summed E-state index contributed by atoms with van der Waals surface area (Å²) in [7, 11) is 0. The lowest BCUT2D eigenvalue weighted by Crippen LogP contribution is -2.46. The molecule has 1 aromatic heterocycles. The van der Waals surface area contributed by atoms with Gasteiger partial charge in [0.15, 0.2) is 0 Å². The Morgan fingerprint density at radius 1 is 1.39 bits per heavy atom. The van der Waals surface area contributed by atoms with Crippen molar-refractivity contribution in [3.8, 4) is 5.88 Å². The summed E-state index contributed by atoms with van der Waals surface area (Å²) in [6.45, 7) is 0.937. The maximum atomic E-state index is 13.0. The van der Waals surface area contributed by atoms with Crippen LogP contribution in [0.15, 0.2) is 12.3 Å². The van der Waals surface area contributed by atoms with E-state index in [0.717, 1.165) is 38.2 Å². The molecular formula is C14H17F2NO. The van der Waals surface area contributed by atoms with E-state index in [1.54, 1.807) is 0 Å². The smallest absolute Gasteiger partial charge is 0.249 e. The zero-order valence-corrected chi connectivity index (χ0v) is 10.5.